The van der Waals surface area contributed by atoms with Crippen LogP contribution < -0.4 is 10.6 Å². The molecule has 7 heteroatoms. The molecule has 0 aliphatic heterocycles. The Morgan fingerprint density at radius 2 is 2.00 bits per heavy atom. The Bertz CT molecular complexity index is 680. The highest BCUT2D eigenvalue weighted by Gasteiger charge is 2.05. The van der Waals surface area contributed by atoms with E-state index < -0.39 is 0 Å². The van der Waals surface area contributed by atoms with Crippen LogP contribution >= 0.6 is 35.3 Å². The zero-order valence-electron chi connectivity index (χ0n) is 14.4. The number of aromatic nitrogens is 1. The number of rotatable bonds is 5. The van der Waals surface area contributed by atoms with Gasteiger partial charge in [-0.15, -0.1) is 35.3 Å². The molecule has 0 aliphatic carbocycles. The molecule has 4 nitrogen and oxygen atoms in total. The maximum Gasteiger partial charge on any atom is 0.191 e. The number of halogens is 2. The van der Waals surface area contributed by atoms with Crippen LogP contribution in [0, 0.1) is 26.6 Å². The molecule has 0 saturated heterocycles. The van der Waals surface area contributed by atoms with Crippen molar-refractivity contribution < 1.29 is 4.39 Å². The van der Waals surface area contributed by atoms with Crippen LogP contribution in [-0.4, -0.2) is 24.5 Å². The van der Waals surface area contributed by atoms with Gasteiger partial charge in [0.1, 0.15) is 5.82 Å². The molecular formula is C17H24FIN4S. The lowest BCUT2D eigenvalue weighted by Gasteiger charge is -2.11. The number of hydrogen-bond donors (Lipinski definition) is 2. The highest BCUT2D eigenvalue weighted by atomic mass is 127. The van der Waals surface area contributed by atoms with Crippen molar-refractivity contribution in [3.8, 4) is 0 Å². The second-order valence-corrected chi connectivity index (χ2v) is 6.72. The van der Waals surface area contributed by atoms with E-state index in [1.165, 1.54) is 4.88 Å². The van der Waals surface area contributed by atoms with Gasteiger partial charge in [0.2, 0.25) is 0 Å². The Balaban J connectivity index is 0.00000288. The molecule has 0 radical (unpaired) electrons. The van der Waals surface area contributed by atoms with Gasteiger partial charge in [0.25, 0.3) is 0 Å². The maximum absolute atomic E-state index is 13.5. The first-order valence-corrected chi connectivity index (χ1v) is 8.43. The van der Waals surface area contributed by atoms with Crippen molar-refractivity contribution in [3.63, 3.8) is 0 Å². The minimum atomic E-state index is -0.179. The number of guanidine groups is 1. The van der Waals surface area contributed by atoms with Gasteiger partial charge in [0.05, 0.1) is 10.7 Å². The maximum atomic E-state index is 13.5. The van der Waals surface area contributed by atoms with Crippen LogP contribution in [0.25, 0.3) is 0 Å². The topological polar surface area (TPSA) is 49.3 Å². The summed E-state index contributed by atoms with van der Waals surface area (Å²) in [5.41, 5.74) is 2.65. The summed E-state index contributed by atoms with van der Waals surface area (Å²) in [6.45, 7) is 7.17. The normalized spacial score (nSPS) is 11.1. The average Bonchev–Trinajstić information content (AvgIpc) is 2.84. The molecule has 0 bridgehead atoms. The molecule has 2 aromatic rings. The highest BCUT2D eigenvalue weighted by molar-refractivity contribution is 14.0. The number of thiazole rings is 1. The smallest absolute Gasteiger partial charge is 0.191 e. The zero-order valence-corrected chi connectivity index (χ0v) is 17.6. The lowest BCUT2D eigenvalue weighted by molar-refractivity contribution is 0.615. The van der Waals surface area contributed by atoms with Gasteiger partial charge in [0.15, 0.2) is 5.96 Å². The van der Waals surface area contributed by atoms with Crippen molar-refractivity contribution in [1.29, 1.82) is 0 Å². The van der Waals surface area contributed by atoms with E-state index in [0.29, 0.717) is 18.1 Å². The SMILES string of the molecule is CN=C(NCCc1nc(C)c(C)s1)NCc1ccc(C)c(F)c1.I. The number of hydrogen-bond acceptors (Lipinski definition) is 3. The van der Waals surface area contributed by atoms with Gasteiger partial charge in [-0.05, 0) is 38.0 Å². The molecule has 1 aromatic carbocycles. The Kier molecular flexibility index (Phi) is 8.61. The van der Waals surface area contributed by atoms with Crippen LogP contribution in [0.2, 0.25) is 0 Å². The Morgan fingerprint density at radius 3 is 2.58 bits per heavy atom. The molecule has 0 fully saturated rings. The summed E-state index contributed by atoms with van der Waals surface area (Å²) >= 11 is 1.73. The average molecular weight is 462 g/mol. The molecule has 24 heavy (non-hydrogen) atoms. The van der Waals surface area contributed by atoms with Crippen molar-refractivity contribution >= 4 is 41.3 Å². The minimum Gasteiger partial charge on any atom is -0.356 e. The first-order chi connectivity index (χ1) is 11.0. The van der Waals surface area contributed by atoms with Gasteiger partial charge in [0, 0.05) is 31.4 Å². The Labute approximate surface area is 164 Å². The van der Waals surface area contributed by atoms with Crippen molar-refractivity contribution in [3.05, 3.63) is 50.7 Å². The molecule has 0 unspecified atom stereocenters. The van der Waals surface area contributed by atoms with E-state index in [1.54, 1.807) is 37.4 Å². The summed E-state index contributed by atoms with van der Waals surface area (Å²) in [6, 6.07) is 5.26. The summed E-state index contributed by atoms with van der Waals surface area (Å²) in [5, 5.41) is 7.57. The third-order valence-electron chi connectivity index (χ3n) is 3.62. The van der Waals surface area contributed by atoms with Gasteiger partial charge >= 0.3 is 0 Å². The van der Waals surface area contributed by atoms with Crippen molar-refractivity contribution in [2.75, 3.05) is 13.6 Å². The van der Waals surface area contributed by atoms with E-state index in [9.17, 15) is 4.39 Å². The van der Waals surface area contributed by atoms with Gasteiger partial charge < -0.3 is 10.6 Å². The fourth-order valence-corrected chi connectivity index (χ4v) is 3.02. The highest BCUT2D eigenvalue weighted by Crippen LogP contribution is 2.16. The Morgan fingerprint density at radius 1 is 1.25 bits per heavy atom. The van der Waals surface area contributed by atoms with E-state index in [0.717, 1.165) is 29.2 Å². The first-order valence-electron chi connectivity index (χ1n) is 7.62. The van der Waals surface area contributed by atoms with E-state index >= 15 is 0 Å². The van der Waals surface area contributed by atoms with Crippen LogP contribution in [0.1, 0.15) is 26.7 Å². The molecule has 132 valence electrons. The van der Waals surface area contributed by atoms with Crippen LogP contribution in [0.15, 0.2) is 23.2 Å². The molecule has 0 spiro atoms. The molecule has 2 rings (SSSR count). The number of aryl methyl sites for hydroxylation is 3. The quantitative estimate of drug-likeness (QED) is 0.405. The predicted molar refractivity (Wildman–Crippen MR) is 110 cm³/mol. The number of benzene rings is 1. The summed E-state index contributed by atoms with van der Waals surface area (Å²) in [5.74, 6) is 0.526. The molecule has 2 N–H and O–H groups in total. The van der Waals surface area contributed by atoms with E-state index in [4.69, 9.17) is 0 Å². The standard InChI is InChI=1S/C17H23FN4S.HI/c1-11-5-6-14(9-15(11)18)10-21-17(19-4)20-8-7-16-22-12(2)13(3)23-16;/h5-6,9H,7-8,10H2,1-4H3,(H2,19,20,21);1H. The predicted octanol–water partition coefficient (Wildman–Crippen LogP) is 3.73. The van der Waals surface area contributed by atoms with Crippen LogP contribution in [0.4, 0.5) is 4.39 Å². The molecule has 0 atom stereocenters. The second kappa shape index (κ2) is 9.93. The second-order valence-electron chi connectivity index (χ2n) is 5.44. The molecule has 1 aromatic heterocycles. The monoisotopic (exact) mass is 462 g/mol. The third-order valence-corrected chi connectivity index (χ3v) is 4.76. The summed E-state index contributed by atoms with van der Waals surface area (Å²) in [6.07, 6.45) is 0.860. The van der Waals surface area contributed by atoms with Gasteiger partial charge in [-0.2, -0.15) is 0 Å². The minimum absolute atomic E-state index is 0. The fourth-order valence-electron chi connectivity index (χ4n) is 2.09. The molecular weight excluding hydrogens is 438 g/mol. The molecule has 0 aliphatic rings. The van der Waals surface area contributed by atoms with Crippen molar-refractivity contribution in [2.45, 2.75) is 33.7 Å². The first kappa shape index (κ1) is 20.8. The molecule has 0 amide bonds. The van der Waals surface area contributed by atoms with Gasteiger partial charge in [-0.1, -0.05) is 12.1 Å². The fraction of sp³-hybridized carbons (Fsp3) is 0.412. The van der Waals surface area contributed by atoms with Gasteiger partial charge in [-0.25, -0.2) is 9.37 Å². The van der Waals surface area contributed by atoms with E-state index in [2.05, 4.69) is 27.5 Å². The van der Waals surface area contributed by atoms with E-state index in [-0.39, 0.29) is 29.8 Å². The van der Waals surface area contributed by atoms with Crippen LogP contribution in [0.3, 0.4) is 0 Å². The Hall–Kier alpha value is -1.22. The zero-order chi connectivity index (χ0) is 16.8. The molecule has 0 saturated carbocycles. The summed E-state index contributed by atoms with van der Waals surface area (Å²) in [4.78, 5) is 9.97. The lowest BCUT2D eigenvalue weighted by atomic mass is 10.1. The third kappa shape index (κ3) is 6.01. The lowest BCUT2D eigenvalue weighted by Crippen LogP contribution is -2.37. The van der Waals surface area contributed by atoms with Crippen molar-refractivity contribution in [1.82, 2.24) is 15.6 Å². The number of nitrogens with one attached hydrogen (secondary N) is 2. The van der Waals surface area contributed by atoms with Crippen LogP contribution in [0.5, 0.6) is 0 Å². The van der Waals surface area contributed by atoms with Crippen LogP contribution in [-0.2, 0) is 13.0 Å². The molecule has 1 heterocycles. The van der Waals surface area contributed by atoms with E-state index in [1.807, 2.05) is 13.0 Å². The number of aliphatic imine (C=N–C) groups is 1. The van der Waals surface area contributed by atoms with Gasteiger partial charge in [-0.3, -0.25) is 4.99 Å². The number of nitrogens with zero attached hydrogens (tertiary/aromatic N) is 2. The summed E-state index contributed by atoms with van der Waals surface area (Å²) in [7, 11) is 1.72. The van der Waals surface area contributed by atoms with Crippen molar-refractivity contribution in [2.24, 2.45) is 4.99 Å². The largest absolute Gasteiger partial charge is 0.356 e. The summed E-state index contributed by atoms with van der Waals surface area (Å²) < 4.78 is 13.5.